The van der Waals surface area contributed by atoms with E-state index in [1.807, 2.05) is 67.1 Å². The van der Waals surface area contributed by atoms with Crippen molar-refractivity contribution in [1.82, 2.24) is 43.6 Å². The van der Waals surface area contributed by atoms with Gasteiger partial charge in [0.25, 0.3) is 11.8 Å². The second-order valence-corrected chi connectivity index (χ2v) is 15.1. The molecule has 0 saturated heterocycles. The number of nitrogens with one attached hydrogen (secondary N) is 2. The average molecular weight is 790 g/mol. The van der Waals surface area contributed by atoms with Gasteiger partial charge in [-0.25, -0.2) is 9.97 Å². The number of likely N-dealkylation sites (N-methyl/N-ethyl adjacent to an activating group) is 2. The second-order valence-electron chi connectivity index (χ2n) is 15.1. The van der Waals surface area contributed by atoms with Crippen LogP contribution in [0.15, 0.2) is 42.5 Å². The number of hydrogen-bond donors (Lipinski definition) is 3. The highest BCUT2D eigenvalue weighted by Gasteiger charge is 2.25. The molecule has 6 aromatic rings. The molecule has 0 unspecified atom stereocenters. The number of benzene rings is 2. The van der Waals surface area contributed by atoms with Crippen LogP contribution in [0.25, 0.3) is 22.1 Å². The third kappa shape index (κ3) is 7.94. The molecule has 2 aromatic carbocycles. The number of rotatable bonds is 5. The maximum absolute atomic E-state index is 14.2. The average Bonchev–Trinajstić information content (AvgIpc) is 3.92. The summed E-state index contributed by atoms with van der Waals surface area (Å²) >= 11 is 0. The van der Waals surface area contributed by atoms with E-state index in [9.17, 15) is 19.2 Å². The fraction of sp³-hybridized carbons (Fsp3) is 0.415. The summed E-state index contributed by atoms with van der Waals surface area (Å²) in [5, 5.41) is 15.5. The number of amides is 4. The van der Waals surface area contributed by atoms with E-state index in [1.54, 1.807) is 45.6 Å². The SMILES string of the molecule is CCn1nc(C)c2c1C(=O)Nc1nc3cc(C(N)=O)ccc3n1CCCCn1c(nc3c(N(C)C(=O)CN(C)C)cccc31)NC(=O)c1cc(C)nn1CCCCC2. The van der Waals surface area contributed by atoms with Gasteiger partial charge in [0.05, 0.1) is 40.2 Å². The summed E-state index contributed by atoms with van der Waals surface area (Å²) in [5.41, 5.74) is 12.5. The van der Waals surface area contributed by atoms with Crippen molar-refractivity contribution in [3.05, 3.63) is 76.4 Å². The molecule has 0 saturated carbocycles. The zero-order valence-electron chi connectivity index (χ0n) is 34.0. The van der Waals surface area contributed by atoms with Crippen molar-refractivity contribution in [1.29, 1.82) is 0 Å². The van der Waals surface area contributed by atoms with Gasteiger partial charge in [-0.15, -0.1) is 0 Å². The van der Waals surface area contributed by atoms with Gasteiger partial charge in [-0.05, 0) is 103 Å². The fourth-order valence-electron chi connectivity index (χ4n) is 7.75. The predicted octanol–water partition coefficient (Wildman–Crippen LogP) is 4.75. The first kappa shape index (κ1) is 39.9. The van der Waals surface area contributed by atoms with E-state index in [0.29, 0.717) is 91.0 Å². The molecule has 1 aliphatic heterocycles. The summed E-state index contributed by atoms with van der Waals surface area (Å²) in [6, 6.07) is 12.5. The molecule has 58 heavy (non-hydrogen) atoms. The Hall–Kier alpha value is -6.36. The summed E-state index contributed by atoms with van der Waals surface area (Å²) < 4.78 is 7.40. The Kier molecular flexibility index (Phi) is 11.4. The van der Waals surface area contributed by atoms with Crippen molar-refractivity contribution in [2.45, 2.75) is 85.5 Å². The molecular formula is C41H51N13O4. The van der Waals surface area contributed by atoms with Crippen molar-refractivity contribution < 1.29 is 19.2 Å². The molecule has 0 radical (unpaired) electrons. The first-order valence-electron chi connectivity index (χ1n) is 19.8. The van der Waals surface area contributed by atoms with Crippen LogP contribution in [0.1, 0.15) is 87.3 Å². The predicted molar refractivity (Wildman–Crippen MR) is 222 cm³/mol. The number of aromatic nitrogens is 8. The van der Waals surface area contributed by atoms with Crippen LogP contribution in [0.5, 0.6) is 0 Å². The Morgan fingerprint density at radius 1 is 0.828 bits per heavy atom. The molecule has 4 aromatic heterocycles. The first-order chi connectivity index (χ1) is 27.8. The van der Waals surface area contributed by atoms with Crippen molar-refractivity contribution in [2.75, 3.05) is 43.2 Å². The van der Waals surface area contributed by atoms with Gasteiger partial charge in [-0.3, -0.25) is 39.2 Å². The number of nitrogens with two attached hydrogens (primary N) is 1. The van der Waals surface area contributed by atoms with Crippen LogP contribution >= 0.6 is 0 Å². The third-order valence-corrected chi connectivity index (χ3v) is 10.6. The number of imidazole rings is 2. The Labute approximate surface area is 336 Å². The number of hydrogen-bond acceptors (Lipinski definition) is 9. The molecule has 1 aliphatic rings. The molecule has 0 atom stereocenters. The number of primary amides is 1. The van der Waals surface area contributed by atoms with Gasteiger partial charge in [-0.2, -0.15) is 10.2 Å². The zero-order valence-corrected chi connectivity index (χ0v) is 34.0. The van der Waals surface area contributed by atoms with Crippen LogP contribution in [0.2, 0.25) is 0 Å². The van der Waals surface area contributed by atoms with Crippen LogP contribution in [-0.4, -0.2) is 94.9 Å². The first-order valence-corrected chi connectivity index (χ1v) is 19.8. The van der Waals surface area contributed by atoms with Gasteiger partial charge in [0.1, 0.15) is 16.9 Å². The van der Waals surface area contributed by atoms with E-state index in [1.165, 1.54) is 0 Å². The molecule has 0 fully saturated rings. The van der Waals surface area contributed by atoms with Crippen molar-refractivity contribution in [3.8, 4) is 0 Å². The van der Waals surface area contributed by atoms with Gasteiger partial charge in [0, 0.05) is 44.4 Å². The lowest BCUT2D eigenvalue weighted by Crippen LogP contribution is -2.35. The van der Waals surface area contributed by atoms with E-state index in [4.69, 9.17) is 20.8 Å². The lowest BCUT2D eigenvalue weighted by molar-refractivity contribution is -0.118. The third-order valence-electron chi connectivity index (χ3n) is 10.6. The summed E-state index contributed by atoms with van der Waals surface area (Å²) in [5.74, 6) is -0.601. The minimum Gasteiger partial charge on any atom is -0.366 e. The Morgan fingerprint density at radius 3 is 2.26 bits per heavy atom. The van der Waals surface area contributed by atoms with Crippen LogP contribution in [0.3, 0.4) is 0 Å². The molecule has 7 rings (SSSR count). The number of anilines is 3. The Morgan fingerprint density at radius 2 is 1.53 bits per heavy atom. The summed E-state index contributed by atoms with van der Waals surface area (Å²) in [6.07, 6.45) is 4.31. The largest absolute Gasteiger partial charge is 0.366 e. The molecule has 0 spiro atoms. The topological polar surface area (TPSA) is 196 Å². The lowest BCUT2D eigenvalue weighted by atomic mass is 10.0. The highest BCUT2D eigenvalue weighted by atomic mass is 16.2. The van der Waals surface area contributed by atoms with Crippen molar-refractivity contribution in [3.63, 3.8) is 0 Å². The second kappa shape index (κ2) is 16.6. The number of aryl methyl sites for hydroxylation is 6. The van der Waals surface area contributed by atoms with Crippen LogP contribution in [-0.2, 0) is 37.4 Å². The van der Waals surface area contributed by atoms with Crippen molar-refractivity contribution >= 4 is 63.3 Å². The highest BCUT2D eigenvalue weighted by molar-refractivity contribution is 6.06. The molecule has 0 aliphatic carbocycles. The van der Waals surface area contributed by atoms with Crippen LogP contribution in [0, 0.1) is 13.8 Å². The molecule has 17 nitrogen and oxygen atoms in total. The van der Waals surface area contributed by atoms with E-state index in [-0.39, 0.29) is 24.3 Å². The smallest absolute Gasteiger partial charge is 0.276 e. The van der Waals surface area contributed by atoms with E-state index in [2.05, 4.69) is 15.7 Å². The van der Waals surface area contributed by atoms with Gasteiger partial charge < -0.3 is 24.7 Å². The zero-order chi connectivity index (χ0) is 41.2. The lowest BCUT2D eigenvalue weighted by Gasteiger charge is -2.20. The van der Waals surface area contributed by atoms with Crippen LogP contribution in [0.4, 0.5) is 17.6 Å². The van der Waals surface area contributed by atoms with Gasteiger partial charge in [0.15, 0.2) is 0 Å². The standard InChI is InChI=1S/C41H51N13O4/c1-7-53-36-28(26(3)48-53)14-9-8-10-21-54-33(22-25(2)47-54)38(57)45-41-44-35-31(50(6)34(55)24-49(4)5)15-13-16-32(35)52(41)20-12-11-19-51-30-18-17-27(37(42)56)23-29(30)43-40(51)46-39(36)58/h13,15-18,22-23H,7-12,14,19-21,24H2,1-6H3,(H2,42,56)(H,43,46,58)(H,44,45,57). The van der Waals surface area contributed by atoms with E-state index >= 15 is 0 Å². The van der Waals surface area contributed by atoms with E-state index in [0.717, 1.165) is 47.2 Å². The fourth-order valence-corrected chi connectivity index (χ4v) is 7.75. The Bertz CT molecular complexity index is 2540. The van der Waals surface area contributed by atoms with E-state index < -0.39 is 5.91 Å². The molecule has 304 valence electrons. The molecular weight excluding hydrogens is 739 g/mol. The number of para-hydroxylation sites is 1. The molecule has 17 heteroatoms. The maximum atomic E-state index is 14.2. The molecule has 0 bridgehead atoms. The van der Waals surface area contributed by atoms with Gasteiger partial charge in [-0.1, -0.05) is 12.5 Å². The Balaban J connectivity index is 1.29. The van der Waals surface area contributed by atoms with Crippen molar-refractivity contribution in [2.24, 2.45) is 5.73 Å². The summed E-state index contributed by atoms with van der Waals surface area (Å²) in [7, 11) is 5.42. The number of carbonyl (C=O) groups is 4. The minimum absolute atomic E-state index is 0.0967. The summed E-state index contributed by atoms with van der Waals surface area (Å²) in [4.78, 5) is 66.7. The number of nitrogens with zero attached hydrogens (tertiary/aromatic N) is 10. The monoisotopic (exact) mass is 789 g/mol. The molecule has 4 N–H and O–H groups in total. The molecule has 4 amide bonds. The van der Waals surface area contributed by atoms with Gasteiger partial charge >= 0.3 is 0 Å². The number of carbonyl (C=O) groups excluding carboxylic acids is 4. The number of fused-ring (bicyclic) bond motifs is 8. The minimum atomic E-state index is -0.569. The van der Waals surface area contributed by atoms with Gasteiger partial charge in [0.2, 0.25) is 23.7 Å². The molecule has 5 heterocycles. The highest BCUT2D eigenvalue weighted by Crippen LogP contribution is 2.31. The van der Waals surface area contributed by atoms with Crippen LogP contribution < -0.4 is 21.3 Å². The maximum Gasteiger partial charge on any atom is 0.276 e. The normalized spacial score (nSPS) is 14.6. The quantitative estimate of drug-likeness (QED) is 0.221. The summed E-state index contributed by atoms with van der Waals surface area (Å²) in [6.45, 7) is 7.96.